The molecule has 0 radical (unpaired) electrons. The molecule has 0 saturated heterocycles. The molecule has 0 unspecified atom stereocenters. The molecule has 0 saturated carbocycles. The second-order valence-corrected chi connectivity index (χ2v) is 9.03. The fourth-order valence-electron chi connectivity index (χ4n) is 3.93. The summed E-state index contributed by atoms with van der Waals surface area (Å²) in [6, 6.07) is 18.5. The SMILES string of the molecule is CCc1ccccc1N1C(=O)N(Cc2ccc3c(c2)OCO3)c2ccccc2S1(=O)=O. The number of nitrogens with zero attached hydrogens (tertiary/aromatic N) is 2. The van der Waals surface area contributed by atoms with Gasteiger partial charge in [0.25, 0.3) is 10.0 Å². The van der Waals surface area contributed by atoms with Crippen molar-refractivity contribution in [2.24, 2.45) is 0 Å². The Hall–Kier alpha value is -3.52. The number of fused-ring (bicyclic) bond motifs is 2. The molecular formula is C23H20N2O5S. The van der Waals surface area contributed by atoms with Crippen LogP contribution in [0, 0.1) is 0 Å². The van der Waals surface area contributed by atoms with Crippen molar-refractivity contribution in [2.75, 3.05) is 16.0 Å². The molecule has 0 bridgehead atoms. The Morgan fingerprint density at radius 2 is 1.61 bits per heavy atom. The number of aryl methyl sites for hydroxylation is 1. The topological polar surface area (TPSA) is 76.2 Å². The Balaban J connectivity index is 1.64. The average Bonchev–Trinajstić information content (AvgIpc) is 3.25. The number of urea groups is 1. The van der Waals surface area contributed by atoms with Gasteiger partial charge in [-0.3, -0.25) is 4.90 Å². The van der Waals surface area contributed by atoms with E-state index in [4.69, 9.17) is 9.47 Å². The van der Waals surface area contributed by atoms with E-state index in [-0.39, 0.29) is 18.2 Å². The van der Waals surface area contributed by atoms with Gasteiger partial charge in [-0.1, -0.05) is 43.3 Å². The molecule has 3 aromatic rings. The van der Waals surface area contributed by atoms with E-state index in [0.717, 1.165) is 15.4 Å². The minimum Gasteiger partial charge on any atom is -0.454 e. The summed E-state index contributed by atoms with van der Waals surface area (Å²) in [6.07, 6.45) is 0.597. The first-order valence-electron chi connectivity index (χ1n) is 9.93. The number of sulfonamides is 1. The van der Waals surface area contributed by atoms with E-state index in [9.17, 15) is 13.2 Å². The van der Waals surface area contributed by atoms with Crippen molar-refractivity contribution in [3.05, 3.63) is 77.9 Å². The zero-order valence-electron chi connectivity index (χ0n) is 16.8. The minimum atomic E-state index is -4.05. The highest BCUT2D eigenvalue weighted by molar-refractivity contribution is 7.94. The fraction of sp³-hybridized carbons (Fsp3) is 0.174. The maximum atomic E-state index is 13.6. The van der Waals surface area contributed by atoms with Crippen molar-refractivity contribution in [1.82, 2.24) is 0 Å². The first-order valence-corrected chi connectivity index (χ1v) is 11.4. The predicted molar refractivity (Wildman–Crippen MR) is 116 cm³/mol. The van der Waals surface area contributed by atoms with Crippen molar-refractivity contribution >= 4 is 27.4 Å². The van der Waals surface area contributed by atoms with Crippen LogP contribution in [0.2, 0.25) is 0 Å². The first kappa shape index (κ1) is 19.4. The van der Waals surface area contributed by atoms with Gasteiger partial charge in [0.1, 0.15) is 4.90 Å². The van der Waals surface area contributed by atoms with Gasteiger partial charge in [0.05, 0.1) is 17.9 Å². The predicted octanol–water partition coefficient (Wildman–Crippen LogP) is 4.31. The van der Waals surface area contributed by atoms with Gasteiger partial charge in [0, 0.05) is 0 Å². The molecule has 0 N–H and O–H groups in total. The Morgan fingerprint density at radius 3 is 2.42 bits per heavy atom. The lowest BCUT2D eigenvalue weighted by Crippen LogP contribution is -2.51. The zero-order chi connectivity index (χ0) is 21.6. The van der Waals surface area contributed by atoms with Gasteiger partial charge in [-0.2, -0.15) is 4.31 Å². The highest BCUT2D eigenvalue weighted by atomic mass is 32.2. The van der Waals surface area contributed by atoms with Gasteiger partial charge in [0.2, 0.25) is 6.79 Å². The second-order valence-electron chi connectivity index (χ2n) is 7.28. The van der Waals surface area contributed by atoms with Crippen LogP contribution in [0.3, 0.4) is 0 Å². The van der Waals surface area contributed by atoms with E-state index in [0.29, 0.717) is 29.3 Å². The Morgan fingerprint density at radius 1 is 0.903 bits per heavy atom. The lowest BCUT2D eigenvalue weighted by atomic mass is 10.1. The number of rotatable bonds is 4. The van der Waals surface area contributed by atoms with Crippen LogP contribution in [0.4, 0.5) is 16.2 Å². The zero-order valence-corrected chi connectivity index (χ0v) is 17.6. The third-order valence-corrected chi connectivity index (χ3v) is 7.18. The third-order valence-electron chi connectivity index (χ3n) is 5.45. The largest absolute Gasteiger partial charge is 0.454 e. The highest BCUT2D eigenvalue weighted by Gasteiger charge is 2.43. The van der Waals surface area contributed by atoms with Crippen LogP contribution in [0.25, 0.3) is 0 Å². The number of hydrogen-bond acceptors (Lipinski definition) is 5. The van der Waals surface area contributed by atoms with Crippen molar-refractivity contribution in [2.45, 2.75) is 24.8 Å². The van der Waals surface area contributed by atoms with Crippen LogP contribution in [-0.2, 0) is 23.0 Å². The van der Waals surface area contributed by atoms with E-state index in [1.807, 2.05) is 31.2 Å². The number of carbonyl (C=O) groups excluding carboxylic acids is 1. The third kappa shape index (κ3) is 3.11. The maximum absolute atomic E-state index is 13.6. The maximum Gasteiger partial charge on any atom is 0.343 e. The van der Waals surface area contributed by atoms with Gasteiger partial charge in [-0.25, -0.2) is 13.2 Å². The molecule has 0 spiro atoms. The van der Waals surface area contributed by atoms with Crippen LogP contribution in [0.1, 0.15) is 18.1 Å². The molecule has 5 rings (SSSR count). The fourth-order valence-corrected chi connectivity index (χ4v) is 5.56. The summed E-state index contributed by atoms with van der Waals surface area (Å²) in [6.45, 7) is 2.27. The van der Waals surface area contributed by atoms with Crippen LogP contribution >= 0.6 is 0 Å². The Bertz CT molecular complexity index is 1290. The highest BCUT2D eigenvalue weighted by Crippen LogP contribution is 2.40. The van der Waals surface area contributed by atoms with E-state index >= 15 is 0 Å². The number of para-hydroxylation sites is 2. The molecule has 0 fully saturated rings. The van der Waals surface area contributed by atoms with Crippen LogP contribution in [-0.4, -0.2) is 21.2 Å². The molecule has 3 aromatic carbocycles. The molecular weight excluding hydrogens is 416 g/mol. The molecule has 2 aliphatic rings. The molecule has 0 aromatic heterocycles. The van der Waals surface area contributed by atoms with Crippen LogP contribution < -0.4 is 18.7 Å². The van der Waals surface area contributed by atoms with Crippen molar-refractivity contribution in [1.29, 1.82) is 0 Å². The van der Waals surface area contributed by atoms with Gasteiger partial charge in [0.15, 0.2) is 11.5 Å². The molecule has 7 nitrogen and oxygen atoms in total. The van der Waals surface area contributed by atoms with Crippen LogP contribution in [0.15, 0.2) is 71.6 Å². The van der Waals surface area contributed by atoms with Gasteiger partial charge in [-0.15, -0.1) is 0 Å². The molecule has 2 heterocycles. The van der Waals surface area contributed by atoms with Gasteiger partial charge >= 0.3 is 6.03 Å². The monoisotopic (exact) mass is 436 g/mol. The summed E-state index contributed by atoms with van der Waals surface area (Å²) < 4.78 is 38.7. The summed E-state index contributed by atoms with van der Waals surface area (Å²) in [7, 11) is -4.05. The lowest BCUT2D eigenvalue weighted by molar-refractivity contribution is 0.174. The van der Waals surface area contributed by atoms with E-state index in [1.165, 1.54) is 11.0 Å². The normalized spacial score (nSPS) is 16.4. The molecule has 158 valence electrons. The van der Waals surface area contributed by atoms with E-state index < -0.39 is 16.1 Å². The molecule has 31 heavy (non-hydrogen) atoms. The molecule has 2 aliphatic heterocycles. The minimum absolute atomic E-state index is 0.0984. The number of anilines is 2. The first-order chi connectivity index (χ1) is 15.0. The smallest absolute Gasteiger partial charge is 0.343 e. The lowest BCUT2D eigenvalue weighted by Gasteiger charge is -2.37. The summed E-state index contributed by atoms with van der Waals surface area (Å²) in [5, 5.41) is 0. The summed E-state index contributed by atoms with van der Waals surface area (Å²) >= 11 is 0. The van der Waals surface area contributed by atoms with Crippen molar-refractivity contribution in [3.63, 3.8) is 0 Å². The van der Waals surface area contributed by atoms with Crippen molar-refractivity contribution in [3.8, 4) is 11.5 Å². The summed E-state index contributed by atoms with van der Waals surface area (Å²) in [5.74, 6) is 1.26. The van der Waals surface area contributed by atoms with Crippen molar-refractivity contribution < 1.29 is 22.7 Å². The van der Waals surface area contributed by atoms with Gasteiger partial charge < -0.3 is 9.47 Å². The molecule has 8 heteroatoms. The van der Waals surface area contributed by atoms with E-state index in [1.54, 1.807) is 36.4 Å². The standard InChI is InChI=1S/C23H20N2O5S/c1-2-17-7-3-4-8-18(17)25-23(26)24(19-9-5-6-10-22(19)31(25,27)28)14-16-11-12-20-21(13-16)30-15-29-20/h3-13H,2,14-15H2,1H3. The molecule has 0 atom stereocenters. The Kier molecular flexibility index (Phi) is 4.59. The summed E-state index contributed by atoms with van der Waals surface area (Å²) in [4.78, 5) is 15.2. The number of amides is 2. The quantitative estimate of drug-likeness (QED) is 0.609. The average molecular weight is 436 g/mol. The number of hydrogen-bond donors (Lipinski definition) is 0. The number of carbonyl (C=O) groups is 1. The molecule has 0 aliphatic carbocycles. The Labute approximate surface area is 180 Å². The number of ether oxygens (including phenoxy) is 2. The number of benzene rings is 3. The van der Waals surface area contributed by atoms with Gasteiger partial charge in [-0.05, 0) is 47.9 Å². The van der Waals surface area contributed by atoms with Crippen LogP contribution in [0.5, 0.6) is 11.5 Å². The van der Waals surface area contributed by atoms with E-state index in [2.05, 4.69) is 0 Å². The second kappa shape index (κ2) is 7.31. The molecule has 2 amide bonds. The summed E-state index contributed by atoms with van der Waals surface area (Å²) in [5.41, 5.74) is 2.31.